The van der Waals surface area contributed by atoms with Crippen LogP contribution in [0.25, 0.3) is 0 Å². The van der Waals surface area contributed by atoms with Gasteiger partial charge >= 0.3 is 5.97 Å². The van der Waals surface area contributed by atoms with Crippen LogP contribution in [-0.4, -0.2) is 86.3 Å². The number of hydroxylamine groups is 2. The number of benzene rings is 2. The smallest absolute Gasteiger partial charge is 0.308 e. The number of likely N-dealkylation sites (tertiary alicyclic amines) is 1. The van der Waals surface area contributed by atoms with Gasteiger partial charge in [-0.3, -0.25) is 19.3 Å². The number of carbonyl (C=O) groups is 2. The second-order valence-corrected chi connectivity index (χ2v) is 9.84. The van der Waals surface area contributed by atoms with Crippen molar-refractivity contribution in [1.82, 2.24) is 9.96 Å². The largest absolute Gasteiger partial charge is 0.493 e. The topological polar surface area (TPSA) is 133 Å². The van der Waals surface area contributed by atoms with E-state index in [4.69, 9.17) is 29.5 Å². The molecule has 11 nitrogen and oxygen atoms in total. The third-order valence-corrected chi connectivity index (χ3v) is 7.29. The zero-order valence-corrected chi connectivity index (χ0v) is 23.1. The van der Waals surface area contributed by atoms with E-state index in [-0.39, 0.29) is 44.9 Å². The lowest BCUT2D eigenvalue weighted by Crippen LogP contribution is -2.45. The van der Waals surface area contributed by atoms with Gasteiger partial charge in [0.2, 0.25) is 6.79 Å². The molecule has 3 atom stereocenters. The zero-order chi connectivity index (χ0) is 28.5. The van der Waals surface area contributed by atoms with Crippen molar-refractivity contribution in [2.24, 2.45) is 11.7 Å². The molecule has 2 aliphatic rings. The van der Waals surface area contributed by atoms with Crippen molar-refractivity contribution in [2.45, 2.75) is 38.1 Å². The fraction of sp³-hybridized carbons (Fsp3) is 0.517. The van der Waals surface area contributed by atoms with E-state index < -0.39 is 17.9 Å². The van der Waals surface area contributed by atoms with Crippen LogP contribution in [0.2, 0.25) is 0 Å². The number of carbonyl (C=O) groups excluding carboxylic acids is 1. The Hall–Kier alpha value is -3.54. The van der Waals surface area contributed by atoms with Crippen molar-refractivity contribution < 1.29 is 38.5 Å². The van der Waals surface area contributed by atoms with E-state index in [1.165, 1.54) is 5.06 Å². The third kappa shape index (κ3) is 6.96. The number of methoxy groups -OCH3 is 1. The summed E-state index contributed by atoms with van der Waals surface area (Å²) in [5, 5.41) is 11.8. The van der Waals surface area contributed by atoms with E-state index in [0.717, 1.165) is 18.4 Å². The minimum Gasteiger partial charge on any atom is -0.493 e. The third-order valence-electron chi connectivity index (χ3n) is 7.29. The van der Waals surface area contributed by atoms with Crippen LogP contribution in [0.15, 0.2) is 42.5 Å². The highest BCUT2D eigenvalue weighted by Crippen LogP contribution is 2.43. The van der Waals surface area contributed by atoms with Gasteiger partial charge in [-0.1, -0.05) is 31.5 Å². The van der Waals surface area contributed by atoms with E-state index in [2.05, 4.69) is 0 Å². The molecule has 2 aliphatic heterocycles. The number of ether oxygens (including phenoxy) is 4. The maximum Gasteiger partial charge on any atom is 0.308 e. The molecule has 4 rings (SSSR count). The number of carboxylic acids is 1. The van der Waals surface area contributed by atoms with Crippen LogP contribution in [-0.2, 0) is 14.4 Å². The summed E-state index contributed by atoms with van der Waals surface area (Å²) >= 11 is 0. The van der Waals surface area contributed by atoms with Gasteiger partial charge in [-0.05, 0) is 42.7 Å². The number of unbranched alkanes of at least 4 members (excludes halogenated alkanes) is 1. The molecule has 3 N–H and O–H groups in total. The summed E-state index contributed by atoms with van der Waals surface area (Å²) in [6, 6.07) is 12.4. The number of nitrogens with two attached hydrogens (primary N) is 1. The number of amides is 1. The number of hydrogen-bond donors (Lipinski definition) is 2. The lowest BCUT2D eigenvalue weighted by molar-refractivity contribution is -0.187. The summed E-state index contributed by atoms with van der Waals surface area (Å²) < 4.78 is 22.4. The highest BCUT2D eigenvalue weighted by molar-refractivity contribution is 5.78. The Bertz CT molecular complexity index is 1140. The van der Waals surface area contributed by atoms with Gasteiger partial charge in [0, 0.05) is 31.6 Å². The molecule has 0 spiro atoms. The maximum atomic E-state index is 13.4. The summed E-state index contributed by atoms with van der Waals surface area (Å²) in [4.78, 5) is 33.7. The van der Waals surface area contributed by atoms with Gasteiger partial charge in [-0.25, -0.2) is 5.06 Å². The minimum atomic E-state index is -0.929. The molecule has 2 aromatic carbocycles. The van der Waals surface area contributed by atoms with Crippen LogP contribution < -0.4 is 24.7 Å². The van der Waals surface area contributed by atoms with Crippen LogP contribution in [0, 0.1) is 5.92 Å². The first-order valence-corrected chi connectivity index (χ1v) is 13.7. The summed E-state index contributed by atoms with van der Waals surface area (Å²) in [5.41, 5.74) is 6.43. The molecule has 0 unspecified atom stereocenters. The second-order valence-electron chi connectivity index (χ2n) is 9.84. The minimum absolute atomic E-state index is 0.0123. The van der Waals surface area contributed by atoms with Crippen molar-refractivity contribution in [3.05, 3.63) is 48.0 Å². The molecule has 1 fully saturated rings. The summed E-state index contributed by atoms with van der Waals surface area (Å²) in [6.45, 7) is 3.76. The first-order valence-electron chi connectivity index (χ1n) is 13.7. The number of carboxylic acid groups (broad SMARTS) is 1. The molecule has 2 heterocycles. The number of nitrogens with zero attached hydrogens (tertiary/aromatic N) is 2. The van der Waals surface area contributed by atoms with Gasteiger partial charge in [0.05, 0.1) is 32.8 Å². The Labute approximate surface area is 234 Å². The first-order chi connectivity index (χ1) is 19.5. The van der Waals surface area contributed by atoms with Crippen molar-refractivity contribution >= 4 is 11.9 Å². The number of para-hydroxylation sites is 2. The average molecular weight is 558 g/mol. The zero-order valence-electron chi connectivity index (χ0n) is 23.1. The van der Waals surface area contributed by atoms with Crippen molar-refractivity contribution in [1.29, 1.82) is 0 Å². The van der Waals surface area contributed by atoms with Gasteiger partial charge in [0.25, 0.3) is 5.91 Å². The maximum absolute atomic E-state index is 13.4. The van der Waals surface area contributed by atoms with E-state index >= 15 is 0 Å². The SMILES string of the molecule is CCCCN(OCCN)C(=O)CN1C[C@H](c2ccc3c(c2)OCO3)[C@@H](C(=O)O)[C@@H]1CCOc1ccccc1OC. The Morgan fingerprint density at radius 2 is 1.90 bits per heavy atom. The lowest BCUT2D eigenvalue weighted by atomic mass is 9.84. The van der Waals surface area contributed by atoms with Crippen molar-refractivity contribution in [2.75, 3.05) is 53.3 Å². The van der Waals surface area contributed by atoms with E-state index in [9.17, 15) is 14.7 Å². The molecule has 40 heavy (non-hydrogen) atoms. The first kappa shape index (κ1) is 29.4. The molecule has 0 radical (unpaired) electrons. The molecule has 1 saturated heterocycles. The van der Waals surface area contributed by atoms with E-state index in [0.29, 0.717) is 42.5 Å². The van der Waals surface area contributed by atoms with Crippen molar-refractivity contribution in [3.63, 3.8) is 0 Å². The Morgan fingerprint density at radius 1 is 1.12 bits per heavy atom. The molecule has 1 amide bonds. The molecule has 218 valence electrons. The summed E-state index contributed by atoms with van der Waals surface area (Å²) in [7, 11) is 1.57. The highest BCUT2D eigenvalue weighted by Gasteiger charge is 2.47. The van der Waals surface area contributed by atoms with Crippen LogP contribution in [0.3, 0.4) is 0 Å². The van der Waals surface area contributed by atoms with Crippen LogP contribution in [0.5, 0.6) is 23.0 Å². The van der Waals surface area contributed by atoms with Crippen molar-refractivity contribution in [3.8, 4) is 23.0 Å². The van der Waals surface area contributed by atoms with Crippen LogP contribution in [0.1, 0.15) is 37.7 Å². The number of aliphatic carboxylic acids is 1. The van der Waals surface area contributed by atoms with Gasteiger partial charge < -0.3 is 29.8 Å². The molecule has 0 bridgehead atoms. The molecule has 2 aromatic rings. The summed E-state index contributed by atoms with van der Waals surface area (Å²) in [5.74, 6) is 0.0891. The quantitative estimate of drug-likeness (QED) is 0.315. The van der Waals surface area contributed by atoms with Crippen LogP contribution in [0.4, 0.5) is 0 Å². The van der Waals surface area contributed by atoms with Gasteiger partial charge in [0.1, 0.15) is 0 Å². The van der Waals surface area contributed by atoms with E-state index in [1.807, 2.05) is 36.1 Å². The summed E-state index contributed by atoms with van der Waals surface area (Å²) in [6.07, 6.45) is 2.07. The van der Waals surface area contributed by atoms with Crippen LogP contribution >= 0.6 is 0 Å². The number of rotatable bonds is 15. The standard InChI is InChI=1S/C29H39N3O8/c1-3-4-13-32(40-15-12-30)27(33)18-31-17-21(20-9-10-25-26(16-20)39-19-38-25)28(29(34)35)22(31)11-14-37-24-8-6-5-7-23(24)36-2/h5-10,16,21-22,28H,3-4,11-15,17-19,30H2,1-2H3,(H,34,35)/t21-,22+,28-/m1/s1. The number of hydrogen-bond acceptors (Lipinski definition) is 9. The predicted molar refractivity (Wildman–Crippen MR) is 147 cm³/mol. The molecule has 11 heteroatoms. The van der Waals surface area contributed by atoms with Gasteiger partial charge in [0.15, 0.2) is 23.0 Å². The normalized spacial score (nSPS) is 19.9. The molecule has 0 aliphatic carbocycles. The fourth-order valence-electron chi connectivity index (χ4n) is 5.34. The monoisotopic (exact) mass is 557 g/mol. The Balaban J connectivity index is 1.57. The molecular weight excluding hydrogens is 518 g/mol. The molecular formula is C29H39N3O8. The van der Waals surface area contributed by atoms with Gasteiger partial charge in [-0.15, -0.1) is 0 Å². The fourth-order valence-corrected chi connectivity index (χ4v) is 5.34. The molecule has 0 aromatic heterocycles. The Kier molecular flexibility index (Phi) is 10.5. The second kappa shape index (κ2) is 14.2. The van der Waals surface area contributed by atoms with Gasteiger partial charge in [-0.2, -0.15) is 0 Å². The number of fused-ring (bicyclic) bond motifs is 1. The Morgan fingerprint density at radius 3 is 2.62 bits per heavy atom. The highest BCUT2D eigenvalue weighted by atomic mass is 16.7. The lowest BCUT2D eigenvalue weighted by Gasteiger charge is -2.29. The van der Waals surface area contributed by atoms with E-state index in [1.54, 1.807) is 25.3 Å². The predicted octanol–water partition coefficient (Wildman–Crippen LogP) is 2.88. The molecule has 0 saturated carbocycles. The average Bonchev–Trinajstić information content (AvgIpc) is 3.57.